The van der Waals surface area contributed by atoms with Crippen molar-refractivity contribution in [3.05, 3.63) is 16.8 Å². The molecule has 1 fully saturated rings. The molecule has 0 aliphatic carbocycles. The highest BCUT2D eigenvalue weighted by Crippen LogP contribution is 2.20. The summed E-state index contributed by atoms with van der Waals surface area (Å²) in [4.78, 5) is 11.3. The van der Waals surface area contributed by atoms with Gasteiger partial charge in [0.2, 0.25) is 0 Å². The summed E-state index contributed by atoms with van der Waals surface area (Å²) >= 11 is 0. The Balaban J connectivity index is 2.11. The third kappa shape index (κ3) is 3.20. The lowest BCUT2D eigenvalue weighted by Gasteiger charge is -2.22. The summed E-state index contributed by atoms with van der Waals surface area (Å²) in [6.45, 7) is 5.78. The van der Waals surface area contributed by atoms with Gasteiger partial charge in [0, 0.05) is 19.8 Å². The van der Waals surface area contributed by atoms with Gasteiger partial charge in [-0.05, 0) is 38.2 Å². The number of aromatic carboxylic acids is 1. The normalized spacial score (nSPS) is 16.3. The minimum absolute atomic E-state index is 0.222. The van der Waals surface area contributed by atoms with Crippen molar-refractivity contribution in [3.63, 3.8) is 0 Å². The van der Waals surface area contributed by atoms with E-state index in [4.69, 9.17) is 4.74 Å². The van der Waals surface area contributed by atoms with Crippen LogP contribution in [0.1, 0.15) is 34.5 Å². The fraction of sp³-hybridized carbons (Fsp3) is 0.615. The maximum Gasteiger partial charge on any atom is 0.339 e. The van der Waals surface area contributed by atoms with Crippen LogP contribution in [0.2, 0.25) is 0 Å². The molecule has 6 heteroatoms. The fourth-order valence-corrected chi connectivity index (χ4v) is 2.19. The molecular formula is C13H19N3O3. The Morgan fingerprint density at radius 2 is 2.05 bits per heavy atom. The zero-order valence-corrected chi connectivity index (χ0v) is 11.3. The van der Waals surface area contributed by atoms with Crippen LogP contribution in [0.25, 0.3) is 0 Å². The first-order valence-electron chi connectivity index (χ1n) is 6.48. The summed E-state index contributed by atoms with van der Waals surface area (Å²) in [6, 6.07) is 0. The Kier molecular flexibility index (Phi) is 4.31. The number of anilines is 1. The summed E-state index contributed by atoms with van der Waals surface area (Å²) in [5, 5.41) is 20.4. The molecule has 0 radical (unpaired) electrons. The van der Waals surface area contributed by atoms with Gasteiger partial charge in [-0.15, -0.1) is 5.10 Å². The van der Waals surface area contributed by atoms with E-state index in [9.17, 15) is 9.90 Å². The average molecular weight is 265 g/mol. The third-order valence-electron chi connectivity index (χ3n) is 3.57. The van der Waals surface area contributed by atoms with E-state index in [1.54, 1.807) is 13.8 Å². The third-order valence-corrected chi connectivity index (χ3v) is 3.57. The number of aryl methyl sites for hydroxylation is 1. The van der Waals surface area contributed by atoms with Crippen molar-refractivity contribution in [2.24, 2.45) is 5.92 Å². The van der Waals surface area contributed by atoms with Gasteiger partial charge in [0.15, 0.2) is 5.82 Å². The van der Waals surface area contributed by atoms with E-state index in [0.717, 1.165) is 26.1 Å². The summed E-state index contributed by atoms with van der Waals surface area (Å²) in [5.74, 6) is -0.106. The van der Waals surface area contributed by atoms with Gasteiger partial charge in [0.1, 0.15) is 5.56 Å². The van der Waals surface area contributed by atoms with Crippen LogP contribution in [0.15, 0.2) is 0 Å². The molecule has 0 aromatic carbocycles. The lowest BCUT2D eigenvalue weighted by Crippen LogP contribution is -2.24. The molecular weight excluding hydrogens is 246 g/mol. The van der Waals surface area contributed by atoms with Crippen LogP contribution < -0.4 is 5.32 Å². The molecule has 104 valence electrons. The van der Waals surface area contributed by atoms with Crippen molar-refractivity contribution in [2.75, 3.05) is 25.1 Å². The molecule has 2 rings (SSSR count). The number of carboxylic acids is 1. The largest absolute Gasteiger partial charge is 0.478 e. The van der Waals surface area contributed by atoms with Crippen molar-refractivity contribution in [2.45, 2.75) is 26.7 Å². The molecule has 6 nitrogen and oxygen atoms in total. The molecule has 0 saturated carbocycles. The Labute approximate surface area is 112 Å². The second kappa shape index (κ2) is 5.97. The lowest BCUT2D eigenvalue weighted by atomic mass is 10.0. The van der Waals surface area contributed by atoms with Crippen LogP contribution >= 0.6 is 0 Å². The number of ether oxygens (including phenoxy) is 1. The van der Waals surface area contributed by atoms with E-state index in [-0.39, 0.29) is 5.56 Å². The van der Waals surface area contributed by atoms with E-state index in [0.29, 0.717) is 29.5 Å². The molecule has 2 heterocycles. The van der Waals surface area contributed by atoms with E-state index in [1.165, 1.54) is 0 Å². The molecule has 1 saturated heterocycles. The van der Waals surface area contributed by atoms with Crippen LogP contribution in [-0.4, -0.2) is 41.0 Å². The number of carboxylic acid groups (broad SMARTS) is 1. The van der Waals surface area contributed by atoms with Crippen LogP contribution in [0.4, 0.5) is 5.82 Å². The minimum Gasteiger partial charge on any atom is -0.478 e. The molecule has 0 atom stereocenters. The number of nitrogens with zero attached hydrogens (tertiary/aromatic N) is 2. The molecule has 1 aromatic rings. The van der Waals surface area contributed by atoms with E-state index in [1.807, 2.05) is 0 Å². The van der Waals surface area contributed by atoms with Crippen LogP contribution in [-0.2, 0) is 4.74 Å². The van der Waals surface area contributed by atoms with Crippen LogP contribution in [0.3, 0.4) is 0 Å². The zero-order valence-electron chi connectivity index (χ0n) is 11.3. The predicted octanol–water partition coefficient (Wildman–Crippen LogP) is 1.63. The van der Waals surface area contributed by atoms with Crippen LogP contribution in [0, 0.1) is 19.8 Å². The van der Waals surface area contributed by atoms with Crippen molar-refractivity contribution >= 4 is 11.8 Å². The number of rotatable bonds is 4. The first-order chi connectivity index (χ1) is 9.09. The first kappa shape index (κ1) is 13.7. The molecule has 2 N–H and O–H groups in total. The smallest absolute Gasteiger partial charge is 0.339 e. The zero-order chi connectivity index (χ0) is 13.8. The quantitative estimate of drug-likeness (QED) is 0.860. The fourth-order valence-electron chi connectivity index (χ4n) is 2.19. The van der Waals surface area contributed by atoms with E-state index in [2.05, 4.69) is 15.5 Å². The maximum atomic E-state index is 11.3. The number of carbonyl (C=O) groups is 1. The van der Waals surface area contributed by atoms with Crippen molar-refractivity contribution in [1.82, 2.24) is 10.2 Å². The van der Waals surface area contributed by atoms with E-state index >= 15 is 0 Å². The van der Waals surface area contributed by atoms with Gasteiger partial charge in [0.25, 0.3) is 0 Å². The Morgan fingerprint density at radius 1 is 1.37 bits per heavy atom. The Morgan fingerprint density at radius 3 is 2.68 bits per heavy atom. The van der Waals surface area contributed by atoms with Crippen LogP contribution in [0.5, 0.6) is 0 Å². The van der Waals surface area contributed by atoms with Gasteiger partial charge in [-0.3, -0.25) is 0 Å². The van der Waals surface area contributed by atoms with Gasteiger partial charge < -0.3 is 15.2 Å². The van der Waals surface area contributed by atoms with Gasteiger partial charge in [-0.2, -0.15) is 5.10 Å². The highest BCUT2D eigenvalue weighted by Gasteiger charge is 2.19. The van der Waals surface area contributed by atoms with Crippen molar-refractivity contribution in [1.29, 1.82) is 0 Å². The first-order valence-corrected chi connectivity index (χ1v) is 6.48. The Bertz CT molecular complexity index is 470. The molecule has 0 bridgehead atoms. The van der Waals surface area contributed by atoms with Crippen molar-refractivity contribution < 1.29 is 14.6 Å². The molecule has 1 aliphatic heterocycles. The minimum atomic E-state index is -0.968. The molecule has 0 unspecified atom stereocenters. The SMILES string of the molecule is Cc1nnc(NCC2CCOCC2)c(C(=O)O)c1C. The molecule has 19 heavy (non-hydrogen) atoms. The highest BCUT2D eigenvalue weighted by atomic mass is 16.5. The summed E-state index contributed by atoms with van der Waals surface area (Å²) in [6.07, 6.45) is 1.99. The average Bonchev–Trinajstić information content (AvgIpc) is 2.41. The van der Waals surface area contributed by atoms with Gasteiger partial charge >= 0.3 is 5.97 Å². The molecule has 0 amide bonds. The van der Waals surface area contributed by atoms with Gasteiger partial charge in [-0.25, -0.2) is 4.79 Å². The van der Waals surface area contributed by atoms with E-state index < -0.39 is 5.97 Å². The Hall–Kier alpha value is -1.69. The van der Waals surface area contributed by atoms with Gasteiger partial charge in [-0.1, -0.05) is 0 Å². The molecule has 0 spiro atoms. The second-order valence-corrected chi connectivity index (χ2v) is 4.88. The lowest BCUT2D eigenvalue weighted by molar-refractivity contribution is 0.0687. The highest BCUT2D eigenvalue weighted by molar-refractivity contribution is 5.94. The summed E-state index contributed by atoms with van der Waals surface area (Å²) in [5.41, 5.74) is 1.53. The topological polar surface area (TPSA) is 84.3 Å². The summed E-state index contributed by atoms with van der Waals surface area (Å²) in [7, 11) is 0. The predicted molar refractivity (Wildman–Crippen MR) is 70.5 cm³/mol. The standard InChI is InChI=1S/C13H19N3O3/c1-8-9(2)15-16-12(11(8)13(17)18)14-7-10-3-5-19-6-4-10/h10H,3-7H2,1-2H3,(H,14,16)(H,17,18). The number of aromatic nitrogens is 2. The summed E-state index contributed by atoms with van der Waals surface area (Å²) < 4.78 is 5.30. The van der Waals surface area contributed by atoms with Gasteiger partial charge in [0.05, 0.1) is 5.69 Å². The maximum absolute atomic E-state index is 11.3. The molecule has 1 aromatic heterocycles. The van der Waals surface area contributed by atoms with Crippen molar-refractivity contribution in [3.8, 4) is 0 Å². The second-order valence-electron chi connectivity index (χ2n) is 4.88. The molecule has 1 aliphatic rings. The number of nitrogens with one attached hydrogen (secondary N) is 1. The number of hydrogen-bond donors (Lipinski definition) is 2. The monoisotopic (exact) mass is 265 g/mol. The number of hydrogen-bond acceptors (Lipinski definition) is 5.